The molecule has 0 atom stereocenters. The summed E-state index contributed by atoms with van der Waals surface area (Å²) in [6, 6.07) is 11.9. The minimum atomic E-state index is -0.281. The first-order chi connectivity index (χ1) is 11.7. The number of aromatic nitrogens is 1. The molecule has 2 amide bonds. The fourth-order valence-electron chi connectivity index (χ4n) is 4.31. The number of benzene rings is 1. The largest absolute Gasteiger partial charge is 0.328 e. The van der Waals surface area contributed by atoms with Gasteiger partial charge in [0.25, 0.3) is 0 Å². The van der Waals surface area contributed by atoms with E-state index in [2.05, 4.69) is 33.0 Å². The van der Waals surface area contributed by atoms with Crippen molar-refractivity contribution < 1.29 is 4.79 Å². The number of carbonyl (C=O) groups is 1. The summed E-state index contributed by atoms with van der Waals surface area (Å²) in [5.74, 6) is 0. The number of hydrogen-bond acceptors (Lipinski definition) is 2. The Morgan fingerprint density at radius 3 is 2.08 bits per heavy atom. The summed E-state index contributed by atoms with van der Waals surface area (Å²) < 4.78 is 2.03. The Bertz CT molecular complexity index is 714. The van der Waals surface area contributed by atoms with E-state index in [-0.39, 0.29) is 23.2 Å². The van der Waals surface area contributed by atoms with Crippen molar-refractivity contribution in [1.29, 1.82) is 0 Å². The van der Waals surface area contributed by atoms with Gasteiger partial charge in [-0.1, -0.05) is 0 Å². The smallest absolute Gasteiger partial charge is 0.322 e. The molecule has 1 fully saturated rings. The van der Waals surface area contributed by atoms with Gasteiger partial charge in [0, 0.05) is 40.9 Å². The number of likely N-dealkylation sites (tertiary alicyclic amines) is 1. The van der Waals surface area contributed by atoms with Crippen LogP contribution in [0.15, 0.2) is 48.8 Å². The summed E-state index contributed by atoms with van der Waals surface area (Å²) in [6.45, 7) is 8.34. The molecule has 0 spiro atoms. The molecule has 1 aliphatic rings. The molecule has 2 aromatic rings. The molecule has 5 heteroatoms. The third kappa shape index (κ3) is 3.56. The maximum Gasteiger partial charge on any atom is 0.322 e. The second-order valence-corrected chi connectivity index (χ2v) is 8.20. The van der Waals surface area contributed by atoms with Crippen LogP contribution in [0.4, 0.5) is 10.5 Å². The van der Waals surface area contributed by atoms with E-state index >= 15 is 0 Å². The molecule has 134 valence electrons. The molecule has 25 heavy (non-hydrogen) atoms. The predicted molar refractivity (Wildman–Crippen MR) is 102 cm³/mol. The van der Waals surface area contributed by atoms with Gasteiger partial charge in [0.05, 0.1) is 0 Å². The van der Waals surface area contributed by atoms with Gasteiger partial charge in [0.15, 0.2) is 0 Å². The summed E-state index contributed by atoms with van der Waals surface area (Å²) >= 11 is 0. The van der Waals surface area contributed by atoms with E-state index < -0.39 is 0 Å². The van der Waals surface area contributed by atoms with E-state index in [0.29, 0.717) is 0 Å². The molecule has 5 nitrogen and oxygen atoms in total. The van der Waals surface area contributed by atoms with Gasteiger partial charge >= 0.3 is 6.03 Å². The number of rotatable bonds is 2. The molecular formula is C20H28N4O. The summed E-state index contributed by atoms with van der Waals surface area (Å²) in [5, 5.41) is 3.05. The number of anilines is 1. The molecule has 0 unspecified atom stereocenters. The molecule has 1 aromatic carbocycles. The normalized spacial score (nSPS) is 19.6. The molecule has 0 saturated carbocycles. The van der Waals surface area contributed by atoms with Gasteiger partial charge in [-0.15, -0.1) is 0 Å². The molecule has 0 radical (unpaired) electrons. The van der Waals surface area contributed by atoms with E-state index in [9.17, 15) is 4.79 Å². The average Bonchev–Trinajstić information content (AvgIpc) is 2.98. The maximum atomic E-state index is 13.0. The lowest BCUT2D eigenvalue weighted by atomic mass is 9.77. The van der Waals surface area contributed by atoms with Gasteiger partial charge in [0.2, 0.25) is 0 Å². The Balaban J connectivity index is 1.77. The molecule has 3 N–H and O–H groups in total. The van der Waals surface area contributed by atoms with Gasteiger partial charge in [-0.3, -0.25) is 0 Å². The fraction of sp³-hybridized carbons (Fsp3) is 0.450. The van der Waals surface area contributed by atoms with Gasteiger partial charge in [-0.2, -0.15) is 0 Å². The lowest BCUT2D eigenvalue weighted by molar-refractivity contribution is 0.00877. The van der Waals surface area contributed by atoms with Crippen molar-refractivity contribution in [2.45, 2.75) is 57.7 Å². The SMILES string of the molecule is CC1(C)CC(N)CC(C)(C)N1C(=O)Nc1ccc(-n2cccc2)cc1. The van der Waals surface area contributed by atoms with Crippen molar-refractivity contribution in [3.63, 3.8) is 0 Å². The molecule has 0 aliphatic carbocycles. The molecule has 1 aliphatic heterocycles. The number of urea groups is 1. The maximum absolute atomic E-state index is 13.0. The highest BCUT2D eigenvalue weighted by atomic mass is 16.2. The minimum Gasteiger partial charge on any atom is -0.328 e. The molecule has 1 saturated heterocycles. The van der Waals surface area contributed by atoms with E-state index in [1.165, 1.54) is 0 Å². The topological polar surface area (TPSA) is 63.3 Å². The van der Waals surface area contributed by atoms with E-state index in [4.69, 9.17) is 5.73 Å². The molecular weight excluding hydrogens is 312 g/mol. The van der Waals surface area contributed by atoms with Crippen molar-refractivity contribution in [1.82, 2.24) is 9.47 Å². The van der Waals surface area contributed by atoms with Crippen LogP contribution in [0.3, 0.4) is 0 Å². The first-order valence-corrected chi connectivity index (χ1v) is 8.79. The highest BCUT2D eigenvalue weighted by molar-refractivity contribution is 5.90. The molecule has 2 heterocycles. The van der Waals surface area contributed by atoms with Crippen molar-refractivity contribution in [2.75, 3.05) is 5.32 Å². The number of nitrogens with one attached hydrogen (secondary N) is 1. The standard InChI is InChI=1S/C20H28N4O/c1-19(2)13-15(21)14-20(3,4)24(19)18(25)22-16-7-9-17(10-8-16)23-11-5-6-12-23/h5-12,15H,13-14,21H2,1-4H3,(H,22,25). The molecule has 0 bridgehead atoms. The Hall–Kier alpha value is -2.27. The molecule has 3 rings (SSSR count). The summed E-state index contributed by atoms with van der Waals surface area (Å²) in [4.78, 5) is 14.9. The summed E-state index contributed by atoms with van der Waals surface area (Å²) in [5.41, 5.74) is 7.50. The van der Waals surface area contributed by atoms with Crippen LogP contribution in [0.1, 0.15) is 40.5 Å². The van der Waals surface area contributed by atoms with Gasteiger partial charge < -0.3 is 20.5 Å². The second kappa shape index (κ2) is 6.23. The quantitative estimate of drug-likeness (QED) is 0.868. The number of piperidine rings is 1. The van der Waals surface area contributed by atoms with Crippen molar-refractivity contribution in [2.24, 2.45) is 5.73 Å². The number of nitrogens with zero attached hydrogens (tertiary/aromatic N) is 2. The lowest BCUT2D eigenvalue weighted by Crippen LogP contribution is -2.66. The van der Waals surface area contributed by atoms with Crippen LogP contribution in [-0.4, -0.2) is 32.6 Å². The number of amides is 2. The van der Waals surface area contributed by atoms with E-state index in [0.717, 1.165) is 24.2 Å². The summed E-state index contributed by atoms with van der Waals surface area (Å²) in [7, 11) is 0. The lowest BCUT2D eigenvalue weighted by Gasteiger charge is -2.54. The van der Waals surface area contributed by atoms with Crippen LogP contribution in [0.2, 0.25) is 0 Å². The van der Waals surface area contributed by atoms with Crippen LogP contribution in [0.25, 0.3) is 5.69 Å². The number of nitrogens with two attached hydrogens (primary N) is 1. The van der Waals surface area contributed by atoms with E-state index in [1.54, 1.807) is 0 Å². The Kier molecular flexibility index (Phi) is 4.37. The average molecular weight is 340 g/mol. The zero-order valence-corrected chi connectivity index (χ0v) is 15.5. The number of hydrogen-bond donors (Lipinski definition) is 2. The summed E-state index contributed by atoms with van der Waals surface area (Å²) in [6.07, 6.45) is 5.60. The van der Waals surface area contributed by atoms with Crippen molar-refractivity contribution in [3.8, 4) is 5.69 Å². The third-order valence-corrected chi connectivity index (χ3v) is 4.96. The van der Waals surface area contributed by atoms with Gasteiger partial charge in [-0.05, 0) is 76.9 Å². The first-order valence-electron chi connectivity index (χ1n) is 8.79. The predicted octanol–water partition coefficient (Wildman–Crippen LogP) is 3.99. The van der Waals surface area contributed by atoms with Gasteiger partial charge in [-0.25, -0.2) is 4.79 Å². The Labute approximate surface area is 149 Å². The highest BCUT2D eigenvalue weighted by Crippen LogP contribution is 2.38. The zero-order chi connectivity index (χ0) is 18.2. The minimum absolute atomic E-state index is 0.0735. The van der Waals surface area contributed by atoms with Crippen molar-refractivity contribution >= 4 is 11.7 Å². The van der Waals surface area contributed by atoms with E-state index in [1.807, 2.05) is 58.3 Å². The van der Waals surface area contributed by atoms with Crippen LogP contribution in [0.5, 0.6) is 0 Å². The van der Waals surface area contributed by atoms with Crippen LogP contribution in [0, 0.1) is 0 Å². The van der Waals surface area contributed by atoms with Crippen molar-refractivity contribution in [3.05, 3.63) is 48.8 Å². The van der Waals surface area contributed by atoms with Crippen LogP contribution < -0.4 is 11.1 Å². The third-order valence-electron chi connectivity index (χ3n) is 4.96. The second-order valence-electron chi connectivity index (χ2n) is 8.20. The number of carbonyl (C=O) groups excluding carboxylic acids is 1. The van der Waals surface area contributed by atoms with Gasteiger partial charge in [0.1, 0.15) is 0 Å². The highest BCUT2D eigenvalue weighted by Gasteiger charge is 2.46. The monoisotopic (exact) mass is 340 g/mol. The Morgan fingerprint density at radius 2 is 1.56 bits per heavy atom. The first kappa shape index (κ1) is 17.5. The Morgan fingerprint density at radius 1 is 1.04 bits per heavy atom. The zero-order valence-electron chi connectivity index (χ0n) is 15.5. The molecule has 1 aromatic heterocycles. The van der Waals surface area contributed by atoms with Crippen LogP contribution >= 0.6 is 0 Å². The fourth-order valence-corrected chi connectivity index (χ4v) is 4.31. The van der Waals surface area contributed by atoms with Crippen LogP contribution in [-0.2, 0) is 0 Å².